The van der Waals surface area contributed by atoms with Crippen molar-refractivity contribution in [1.82, 2.24) is 9.13 Å². The fraction of sp³-hybridized carbons (Fsp3) is 0.0118. The number of anilines is 6. The van der Waals surface area contributed by atoms with E-state index in [1.54, 1.807) is 0 Å². The molecule has 0 N–H and O–H groups in total. The zero-order chi connectivity index (χ0) is 58.3. The van der Waals surface area contributed by atoms with Crippen LogP contribution in [-0.2, 0) is 5.41 Å². The number of aromatic nitrogens is 2. The van der Waals surface area contributed by atoms with E-state index in [1.165, 1.54) is 120 Å². The van der Waals surface area contributed by atoms with Crippen molar-refractivity contribution in [3.8, 4) is 33.6 Å². The summed E-state index contributed by atoms with van der Waals surface area (Å²) in [6.07, 6.45) is 0. The van der Waals surface area contributed by atoms with Crippen LogP contribution in [0, 0.1) is 0 Å². The summed E-state index contributed by atoms with van der Waals surface area (Å²) < 4.78 is 4.79. The number of hydrogen-bond acceptors (Lipinski definition) is 2. The molecule has 4 heteroatoms. The minimum absolute atomic E-state index is 0.639. The zero-order valence-corrected chi connectivity index (χ0v) is 48.5. The van der Waals surface area contributed by atoms with Gasteiger partial charge in [-0.15, -0.1) is 0 Å². The van der Waals surface area contributed by atoms with E-state index in [0.29, 0.717) is 0 Å². The molecular weight excluding hydrogens is 1080 g/mol. The lowest BCUT2D eigenvalue weighted by atomic mass is 9.69. The lowest BCUT2D eigenvalue weighted by Crippen LogP contribution is -2.26. The van der Waals surface area contributed by atoms with Crippen LogP contribution in [0.4, 0.5) is 34.1 Å². The molecule has 2 heterocycles. The number of nitrogens with zero attached hydrogens (tertiary/aromatic N) is 4. The van der Waals surface area contributed by atoms with Gasteiger partial charge in [0.05, 0.1) is 27.5 Å². The van der Waals surface area contributed by atoms with Crippen LogP contribution in [0.2, 0.25) is 0 Å². The quantitative estimate of drug-likeness (QED) is 0.141. The van der Waals surface area contributed by atoms with Gasteiger partial charge < -0.3 is 18.9 Å². The number of para-hydroxylation sites is 6. The highest BCUT2D eigenvalue weighted by molar-refractivity contribution is 6.22. The van der Waals surface area contributed by atoms with Crippen molar-refractivity contribution in [3.05, 3.63) is 350 Å². The maximum Gasteiger partial charge on any atom is 0.0731 e. The van der Waals surface area contributed by atoms with Gasteiger partial charge in [0.25, 0.3) is 0 Å². The van der Waals surface area contributed by atoms with Crippen LogP contribution < -0.4 is 9.80 Å². The van der Waals surface area contributed by atoms with Crippen LogP contribution in [-0.4, -0.2) is 9.13 Å². The fourth-order valence-corrected chi connectivity index (χ4v) is 15.8. The first-order chi connectivity index (χ1) is 44.2. The van der Waals surface area contributed by atoms with Gasteiger partial charge in [-0.3, -0.25) is 0 Å². The third-order valence-corrected chi connectivity index (χ3v) is 19.4. The Morgan fingerprint density at radius 1 is 0.225 bits per heavy atom. The maximum atomic E-state index is 2.56. The summed E-state index contributed by atoms with van der Waals surface area (Å²) in [4.78, 5) is 4.88. The van der Waals surface area contributed by atoms with Crippen LogP contribution in [0.25, 0.3) is 110 Å². The van der Waals surface area contributed by atoms with E-state index in [9.17, 15) is 0 Å². The molecule has 17 aromatic rings. The highest BCUT2D eigenvalue weighted by atomic mass is 15.1. The Bertz CT molecular complexity index is 5700. The molecule has 0 atom stereocenters. The van der Waals surface area contributed by atoms with Gasteiger partial charge >= 0.3 is 0 Å². The SMILES string of the molecule is c1ccc(N(c2ccc3cc4c(cc3c2)C2(c3ccccc3-c3ccccc32)c2c-4c3ccccc3c3cc(N(c4ccccc4)c4ccc5c(c4)c4ccccc4n5-c4ccccc4)ccc23)c2ccc3c(c2)c2ccccc2n3-c2ccccc2)cc1. The monoisotopic (exact) mass is 1130 g/mol. The second-order valence-electron chi connectivity index (χ2n) is 23.9. The molecule has 414 valence electrons. The van der Waals surface area contributed by atoms with E-state index < -0.39 is 5.41 Å². The minimum Gasteiger partial charge on any atom is -0.310 e. The summed E-state index contributed by atoms with van der Waals surface area (Å²) in [5, 5.41) is 12.2. The van der Waals surface area contributed by atoms with Crippen molar-refractivity contribution in [2.75, 3.05) is 9.80 Å². The summed E-state index contributed by atoms with van der Waals surface area (Å²) in [5.74, 6) is 0. The molecule has 0 unspecified atom stereocenters. The van der Waals surface area contributed by atoms with Crippen LogP contribution in [0.3, 0.4) is 0 Å². The van der Waals surface area contributed by atoms with Gasteiger partial charge in [-0.25, -0.2) is 0 Å². The summed E-state index contributed by atoms with van der Waals surface area (Å²) in [5.41, 5.74) is 23.4. The molecule has 0 amide bonds. The van der Waals surface area contributed by atoms with Crippen molar-refractivity contribution in [3.63, 3.8) is 0 Å². The van der Waals surface area contributed by atoms with Crippen molar-refractivity contribution >= 4 is 110 Å². The van der Waals surface area contributed by atoms with Gasteiger partial charge in [0.1, 0.15) is 0 Å². The van der Waals surface area contributed by atoms with E-state index >= 15 is 0 Å². The zero-order valence-electron chi connectivity index (χ0n) is 48.5. The highest BCUT2D eigenvalue weighted by Crippen LogP contribution is 2.66. The third-order valence-electron chi connectivity index (χ3n) is 19.4. The molecule has 0 saturated heterocycles. The van der Waals surface area contributed by atoms with E-state index in [-0.39, 0.29) is 0 Å². The summed E-state index contributed by atoms with van der Waals surface area (Å²) in [6, 6.07) is 122. The predicted molar refractivity (Wildman–Crippen MR) is 373 cm³/mol. The Hall–Kier alpha value is -11.7. The lowest BCUT2D eigenvalue weighted by molar-refractivity contribution is 0.803. The first-order valence-corrected chi connectivity index (χ1v) is 30.8. The van der Waals surface area contributed by atoms with Crippen molar-refractivity contribution in [2.45, 2.75) is 5.41 Å². The molecule has 0 saturated carbocycles. The Kier molecular flexibility index (Phi) is 10.7. The molecule has 2 aliphatic carbocycles. The van der Waals surface area contributed by atoms with Crippen LogP contribution in [0.1, 0.15) is 22.3 Å². The fourth-order valence-electron chi connectivity index (χ4n) is 15.8. The number of hydrogen-bond donors (Lipinski definition) is 0. The second kappa shape index (κ2) is 19.1. The molecule has 0 fully saturated rings. The number of benzene rings is 15. The molecule has 19 rings (SSSR count). The predicted octanol–water partition coefficient (Wildman–Crippen LogP) is 22.6. The van der Waals surface area contributed by atoms with Crippen molar-refractivity contribution in [1.29, 1.82) is 0 Å². The first kappa shape index (κ1) is 49.5. The first-order valence-electron chi connectivity index (χ1n) is 30.8. The molecule has 0 bridgehead atoms. The van der Waals surface area contributed by atoms with Gasteiger partial charge in [-0.1, -0.05) is 194 Å². The molecule has 15 aromatic carbocycles. The normalized spacial score (nSPS) is 12.8. The Morgan fingerprint density at radius 2 is 0.640 bits per heavy atom. The largest absolute Gasteiger partial charge is 0.310 e. The molecule has 2 aromatic heterocycles. The topological polar surface area (TPSA) is 16.3 Å². The van der Waals surface area contributed by atoms with Gasteiger partial charge in [0.15, 0.2) is 0 Å². The highest BCUT2D eigenvalue weighted by Gasteiger charge is 2.53. The summed E-state index contributed by atoms with van der Waals surface area (Å²) in [6.45, 7) is 0. The lowest BCUT2D eigenvalue weighted by Gasteiger charge is -2.32. The Morgan fingerprint density at radius 3 is 1.19 bits per heavy atom. The molecule has 0 radical (unpaired) electrons. The third kappa shape index (κ3) is 7.11. The smallest absolute Gasteiger partial charge is 0.0731 e. The van der Waals surface area contributed by atoms with Gasteiger partial charge in [0, 0.05) is 67.0 Å². The average molecular weight is 1130 g/mol. The van der Waals surface area contributed by atoms with E-state index in [2.05, 4.69) is 347 Å². The molecule has 4 nitrogen and oxygen atoms in total. The molecule has 2 aliphatic rings. The van der Waals surface area contributed by atoms with Gasteiger partial charge in [0.2, 0.25) is 0 Å². The number of rotatable bonds is 8. The average Bonchev–Trinajstić information content (AvgIpc) is 1.50. The second-order valence-corrected chi connectivity index (χ2v) is 23.9. The van der Waals surface area contributed by atoms with E-state index in [4.69, 9.17) is 0 Å². The van der Waals surface area contributed by atoms with Crippen LogP contribution in [0.15, 0.2) is 328 Å². The van der Waals surface area contributed by atoms with Gasteiger partial charge in [-0.05, 0) is 210 Å². The Balaban J connectivity index is 0.833. The van der Waals surface area contributed by atoms with Crippen molar-refractivity contribution < 1.29 is 0 Å². The number of fused-ring (bicyclic) bond motifs is 22. The van der Waals surface area contributed by atoms with Gasteiger partial charge in [-0.2, -0.15) is 0 Å². The summed E-state index contributed by atoms with van der Waals surface area (Å²) >= 11 is 0. The molecule has 0 aliphatic heterocycles. The molecule has 1 spiro atoms. The molecule has 89 heavy (non-hydrogen) atoms. The van der Waals surface area contributed by atoms with Crippen LogP contribution >= 0.6 is 0 Å². The van der Waals surface area contributed by atoms with Crippen LogP contribution in [0.5, 0.6) is 0 Å². The molecular formula is C85H54N4. The summed E-state index contributed by atoms with van der Waals surface area (Å²) in [7, 11) is 0. The van der Waals surface area contributed by atoms with E-state index in [1.807, 2.05) is 0 Å². The van der Waals surface area contributed by atoms with Crippen molar-refractivity contribution in [2.24, 2.45) is 0 Å². The maximum absolute atomic E-state index is 2.56. The standard InChI is InChI=1S/C85H54N4/c1-5-23-57(24-6-1)86(63-44-47-81-73(53-63)68-34-17-21-39-79(68)88(81)59-27-9-3-10-28-59)61-42-41-55-50-75-78(51-56(55)49-61)85(76-37-19-15-32-66(76)67-33-16-20-38-77(67)85)84-71-46-43-62(52-72(71)65-31-13-14-36-70(65)83(75)84)87(58-25-7-2-8-26-58)64-45-48-82-74(54-64)69-35-18-22-40-80(69)89(82)60-29-11-4-12-30-60/h1-54H. The minimum atomic E-state index is -0.639. The Labute approximate surface area is 514 Å². The van der Waals surface area contributed by atoms with E-state index in [0.717, 1.165) is 45.5 Å².